The summed E-state index contributed by atoms with van der Waals surface area (Å²) in [4.78, 5) is 11.6. The number of amides is 1. The van der Waals surface area contributed by atoms with E-state index in [1.165, 1.54) is 12.1 Å². The molecule has 1 rings (SSSR count). The molecule has 1 aromatic carbocycles. The molecule has 0 fully saturated rings. The third-order valence-corrected chi connectivity index (χ3v) is 2.22. The van der Waals surface area contributed by atoms with Gasteiger partial charge in [-0.3, -0.25) is 4.79 Å². The average Bonchev–Trinajstić information content (AvgIpc) is 2.36. The molecule has 0 saturated heterocycles. The molecule has 0 heterocycles. The lowest BCUT2D eigenvalue weighted by atomic mass is 10.0. The van der Waals surface area contributed by atoms with E-state index in [1.54, 1.807) is 0 Å². The third-order valence-electron chi connectivity index (χ3n) is 2.22. The van der Waals surface area contributed by atoms with Crippen LogP contribution in [0.1, 0.15) is 21.5 Å². The van der Waals surface area contributed by atoms with Gasteiger partial charge in [-0.2, -0.15) is 0 Å². The molecule has 5 nitrogen and oxygen atoms in total. The summed E-state index contributed by atoms with van der Waals surface area (Å²) in [5.41, 5.74) is 0.593. The van der Waals surface area contributed by atoms with Crippen molar-refractivity contribution in [3.05, 3.63) is 28.8 Å². The van der Waals surface area contributed by atoms with Crippen molar-refractivity contribution >= 4 is 5.91 Å². The van der Waals surface area contributed by atoms with Crippen LogP contribution >= 0.6 is 0 Å². The van der Waals surface area contributed by atoms with Gasteiger partial charge in [0.15, 0.2) is 0 Å². The Balaban J connectivity index is 3.09. The Bertz CT molecular complexity index is 437. The predicted molar refractivity (Wildman–Crippen MR) is 61.1 cm³/mol. The molecular weight excluding hydrogens is 222 g/mol. The van der Waals surface area contributed by atoms with E-state index in [4.69, 9.17) is 16.6 Å². The van der Waals surface area contributed by atoms with E-state index in [0.717, 1.165) is 0 Å². The molecule has 0 saturated carbocycles. The topological polar surface area (TPSA) is 89.8 Å². The SMILES string of the molecule is C#CCNC(=O)c1cc(CO)c(O)c(CO)c1. The number of rotatable bonds is 4. The number of benzene rings is 1. The first kappa shape index (κ1) is 13.0. The van der Waals surface area contributed by atoms with Gasteiger partial charge < -0.3 is 20.6 Å². The highest BCUT2D eigenvalue weighted by Crippen LogP contribution is 2.24. The third kappa shape index (κ3) is 2.97. The second-order valence-corrected chi connectivity index (χ2v) is 3.35. The van der Waals surface area contributed by atoms with E-state index in [9.17, 15) is 9.90 Å². The summed E-state index contributed by atoms with van der Waals surface area (Å²) in [6, 6.07) is 2.70. The average molecular weight is 235 g/mol. The van der Waals surface area contributed by atoms with Gasteiger partial charge in [-0.05, 0) is 12.1 Å². The molecule has 0 spiro atoms. The van der Waals surface area contributed by atoms with Gasteiger partial charge >= 0.3 is 0 Å². The van der Waals surface area contributed by atoms with E-state index in [-0.39, 0.29) is 29.0 Å². The minimum Gasteiger partial charge on any atom is -0.507 e. The smallest absolute Gasteiger partial charge is 0.252 e. The predicted octanol–water partition coefficient (Wildman–Crippen LogP) is -0.260. The van der Waals surface area contributed by atoms with Crippen LogP contribution in [0, 0.1) is 12.3 Å². The highest BCUT2D eigenvalue weighted by Gasteiger charge is 2.13. The van der Waals surface area contributed by atoms with Crippen molar-refractivity contribution < 1.29 is 20.1 Å². The Labute approximate surface area is 98.7 Å². The second-order valence-electron chi connectivity index (χ2n) is 3.35. The fraction of sp³-hybridized carbons (Fsp3) is 0.250. The van der Waals surface area contributed by atoms with Crippen LogP contribution < -0.4 is 5.32 Å². The number of carbonyl (C=O) groups is 1. The highest BCUT2D eigenvalue weighted by atomic mass is 16.3. The van der Waals surface area contributed by atoms with Crippen LogP contribution in [0.3, 0.4) is 0 Å². The minimum atomic E-state index is -0.424. The lowest BCUT2D eigenvalue weighted by Gasteiger charge is -2.09. The summed E-state index contributed by atoms with van der Waals surface area (Å²) < 4.78 is 0. The first-order chi connectivity index (χ1) is 8.13. The fourth-order valence-electron chi connectivity index (χ4n) is 1.37. The molecule has 0 radical (unpaired) electrons. The van der Waals surface area contributed by atoms with Crippen molar-refractivity contribution in [3.63, 3.8) is 0 Å². The molecule has 1 amide bonds. The quantitative estimate of drug-likeness (QED) is 0.541. The lowest BCUT2D eigenvalue weighted by molar-refractivity contribution is 0.0958. The number of hydrogen-bond donors (Lipinski definition) is 4. The minimum absolute atomic E-state index is 0.0859. The van der Waals surface area contributed by atoms with Crippen LogP contribution in [0.25, 0.3) is 0 Å². The first-order valence-electron chi connectivity index (χ1n) is 4.92. The molecule has 0 unspecified atom stereocenters. The molecule has 17 heavy (non-hydrogen) atoms. The number of hydrogen-bond acceptors (Lipinski definition) is 4. The highest BCUT2D eigenvalue weighted by molar-refractivity contribution is 5.95. The van der Waals surface area contributed by atoms with Gasteiger partial charge in [0.2, 0.25) is 0 Å². The van der Waals surface area contributed by atoms with Crippen LogP contribution in [-0.4, -0.2) is 27.8 Å². The molecule has 0 bridgehead atoms. The van der Waals surface area contributed by atoms with Gasteiger partial charge in [0.1, 0.15) is 5.75 Å². The number of nitrogens with one attached hydrogen (secondary N) is 1. The molecule has 0 atom stereocenters. The van der Waals surface area contributed by atoms with Gasteiger partial charge in [-0.15, -0.1) is 6.42 Å². The summed E-state index contributed by atoms with van der Waals surface area (Å²) in [5, 5.41) is 30.1. The Morgan fingerprint density at radius 1 is 1.29 bits per heavy atom. The number of carbonyl (C=O) groups excluding carboxylic acids is 1. The van der Waals surface area contributed by atoms with Crippen LogP contribution in [0.5, 0.6) is 5.75 Å². The van der Waals surface area contributed by atoms with Gasteiger partial charge in [-0.25, -0.2) is 0 Å². The summed E-state index contributed by atoms with van der Waals surface area (Å²) >= 11 is 0. The van der Waals surface area contributed by atoms with E-state index in [1.807, 2.05) is 0 Å². The van der Waals surface area contributed by atoms with Crippen molar-refractivity contribution in [1.82, 2.24) is 5.32 Å². The maximum atomic E-state index is 11.6. The number of aliphatic hydroxyl groups is 2. The standard InChI is InChI=1S/C12H13NO4/c1-2-3-13-12(17)8-4-9(6-14)11(16)10(5-8)7-15/h1,4-5,14-16H,3,6-7H2,(H,13,17). The molecule has 0 aliphatic heterocycles. The maximum absolute atomic E-state index is 11.6. The van der Waals surface area contributed by atoms with E-state index in [0.29, 0.717) is 0 Å². The van der Waals surface area contributed by atoms with E-state index < -0.39 is 19.1 Å². The van der Waals surface area contributed by atoms with Crippen LogP contribution in [0.15, 0.2) is 12.1 Å². The van der Waals surface area contributed by atoms with Crippen LogP contribution in [0.2, 0.25) is 0 Å². The number of phenols is 1. The summed E-state index contributed by atoms with van der Waals surface area (Å²) in [7, 11) is 0. The van der Waals surface area contributed by atoms with Crippen molar-refractivity contribution in [2.75, 3.05) is 6.54 Å². The molecule has 0 aliphatic rings. The summed E-state index contributed by atoms with van der Waals surface area (Å²) in [6.45, 7) is -0.757. The normalized spacial score (nSPS) is 9.71. The van der Waals surface area contributed by atoms with Gasteiger partial charge in [-0.1, -0.05) is 5.92 Å². The Morgan fingerprint density at radius 2 is 1.82 bits per heavy atom. The lowest BCUT2D eigenvalue weighted by Crippen LogP contribution is -2.23. The zero-order valence-electron chi connectivity index (χ0n) is 9.10. The second kappa shape index (κ2) is 5.89. The van der Waals surface area contributed by atoms with Crippen LogP contribution in [-0.2, 0) is 13.2 Å². The fourth-order valence-corrected chi connectivity index (χ4v) is 1.37. The van der Waals surface area contributed by atoms with Crippen molar-refractivity contribution in [2.45, 2.75) is 13.2 Å². The van der Waals surface area contributed by atoms with Gasteiger partial charge in [0.25, 0.3) is 5.91 Å². The zero-order valence-corrected chi connectivity index (χ0v) is 9.10. The molecule has 90 valence electrons. The number of aromatic hydroxyl groups is 1. The Morgan fingerprint density at radius 3 is 2.24 bits per heavy atom. The van der Waals surface area contributed by atoms with E-state index >= 15 is 0 Å². The molecule has 0 aliphatic carbocycles. The molecule has 5 heteroatoms. The zero-order chi connectivity index (χ0) is 12.8. The summed E-state index contributed by atoms with van der Waals surface area (Å²) in [5.74, 6) is 1.63. The molecule has 4 N–H and O–H groups in total. The Hall–Kier alpha value is -2.03. The van der Waals surface area contributed by atoms with Crippen LogP contribution in [0.4, 0.5) is 0 Å². The molecular formula is C12H13NO4. The van der Waals surface area contributed by atoms with Gasteiger partial charge in [0.05, 0.1) is 19.8 Å². The van der Waals surface area contributed by atoms with Crippen molar-refractivity contribution in [2.24, 2.45) is 0 Å². The first-order valence-corrected chi connectivity index (χ1v) is 4.92. The number of aliphatic hydroxyl groups excluding tert-OH is 2. The monoisotopic (exact) mass is 235 g/mol. The number of terminal acetylenes is 1. The van der Waals surface area contributed by atoms with E-state index in [2.05, 4.69) is 11.2 Å². The summed E-state index contributed by atoms with van der Waals surface area (Å²) in [6.07, 6.45) is 5.01. The molecule has 0 aromatic heterocycles. The largest absolute Gasteiger partial charge is 0.507 e. The van der Waals surface area contributed by atoms with Gasteiger partial charge in [0, 0.05) is 16.7 Å². The van der Waals surface area contributed by atoms with Crippen molar-refractivity contribution in [1.29, 1.82) is 0 Å². The Kier molecular flexibility index (Phi) is 4.52. The molecule has 1 aromatic rings. The van der Waals surface area contributed by atoms with Crippen molar-refractivity contribution in [3.8, 4) is 18.1 Å². The maximum Gasteiger partial charge on any atom is 0.252 e.